The fraction of sp³-hybridized carbons (Fsp3) is 0.286. The van der Waals surface area contributed by atoms with E-state index in [9.17, 15) is 0 Å². The molecule has 2 rings (SSSR count). The molecule has 0 saturated carbocycles. The minimum Gasteiger partial charge on any atom is -0.459 e. The normalized spacial score (nSPS) is 12.7. The van der Waals surface area contributed by atoms with Crippen molar-refractivity contribution < 1.29 is 4.42 Å². The molecule has 0 saturated heterocycles. The van der Waals surface area contributed by atoms with Gasteiger partial charge in [-0.2, -0.15) is 0 Å². The van der Waals surface area contributed by atoms with Crippen LogP contribution in [0.1, 0.15) is 31.2 Å². The van der Waals surface area contributed by atoms with Crippen LogP contribution in [0, 0.1) is 0 Å². The van der Waals surface area contributed by atoms with Gasteiger partial charge in [0, 0.05) is 10.0 Å². The molecule has 2 N–H and O–H groups in total. The highest BCUT2D eigenvalue weighted by molar-refractivity contribution is 9.10. The molecule has 0 fully saturated rings. The van der Waals surface area contributed by atoms with Crippen molar-refractivity contribution in [3.63, 3.8) is 0 Å². The first kappa shape index (κ1) is 12.4. The Balaban J connectivity index is 2.44. The molecule has 0 spiro atoms. The summed E-state index contributed by atoms with van der Waals surface area (Å²) in [7, 11) is 0. The lowest BCUT2D eigenvalue weighted by atomic mass is 10.0. The number of hydrogen-bond acceptors (Lipinski definition) is 2. The molecule has 2 aromatic rings. The maximum Gasteiger partial charge on any atom is 0.134 e. The molecule has 0 radical (unpaired) electrons. The summed E-state index contributed by atoms with van der Waals surface area (Å²) in [6.45, 7) is 4.06. The van der Waals surface area contributed by atoms with E-state index in [4.69, 9.17) is 10.2 Å². The van der Waals surface area contributed by atoms with Gasteiger partial charge in [0.15, 0.2) is 0 Å². The van der Waals surface area contributed by atoms with Crippen LogP contribution in [0.3, 0.4) is 0 Å². The molecule has 0 amide bonds. The van der Waals surface area contributed by atoms with E-state index in [1.807, 2.05) is 25.1 Å². The second kappa shape index (κ2) is 5.07. The lowest BCUT2D eigenvalue weighted by Gasteiger charge is -2.06. The topological polar surface area (TPSA) is 39.2 Å². The maximum absolute atomic E-state index is 5.80. The average Bonchev–Trinajstić information content (AvgIpc) is 2.78. The third-order valence-electron chi connectivity index (χ3n) is 2.79. The number of nitrogens with two attached hydrogens (primary N) is 1. The molecular weight excluding hydrogens is 278 g/mol. The Hall–Kier alpha value is -1.06. The van der Waals surface area contributed by atoms with Crippen molar-refractivity contribution in [3.05, 3.63) is 46.1 Å². The monoisotopic (exact) mass is 293 g/mol. The van der Waals surface area contributed by atoms with Gasteiger partial charge in [-0.3, -0.25) is 0 Å². The van der Waals surface area contributed by atoms with E-state index in [2.05, 4.69) is 35.0 Å². The van der Waals surface area contributed by atoms with E-state index < -0.39 is 0 Å². The molecule has 1 heterocycles. The number of halogens is 1. The molecule has 1 aromatic heterocycles. The minimum absolute atomic E-state index is 0.0655. The SMILES string of the molecule is CCc1cc(Br)ccc1-c1ccc(C(C)N)o1. The summed E-state index contributed by atoms with van der Waals surface area (Å²) in [4.78, 5) is 0. The first-order valence-electron chi connectivity index (χ1n) is 5.76. The van der Waals surface area contributed by atoms with Crippen molar-refractivity contribution in [1.82, 2.24) is 0 Å². The van der Waals surface area contributed by atoms with E-state index in [1.54, 1.807) is 0 Å². The fourth-order valence-corrected chi connectivity index (χ4v) is 2.25. The van der Waals surface area contributed by atoms with Crippen molar-refractivity contribution in [2.75, 3.05) is 0 Å². The van der Waals surface area contributed by atoms with E-state index in [0.717, 1.165) is 28.0 Å². The summed E-state index contributed by atoms with van der Waals surface area (Å²) in [5.41, 5.74) is 8.21. The lowest BCUT2D eigenvalue weighted by molar-refractivity contribution is 0.490. The van der Waals surface area contributed by atoms with Crippen LogP contribution in [0.15, 0.2) is 39.2 Å². The average molecular weight is 294 g/mol. The van der Waals surface area contributed by atoms with Gasteiger partial charge in [0.2, 0.25) is 0 Å². The molecule has 2 nitrogen and oxygen atoms in total. The Bertz CT molecular complexity index is 517. The summed E-state index contributed by atoms with van der Waals surface area (Å²) < 4.78 is 6.87. The van der Waals surface area contributed by atoms with Crippen LogP contribution in [0.25, 0.3) is 11.3 Å². The van der Waals surface area contributed by atoms with Crippen LogP contribution >= 0.6 is 15.9 Å². The molecule has 0 aliphatic carbocycles. The number of aryl methyl sites for hydroxylation is 1. The molecule has 90 valence electrons. The molecule has 0 bridgehead atoms. The van der Waals surface area contributed by atoms with Gasteiger partial charge in [-0.25, -0.2) is 0 Å². The molecular formula is C14H16BrNO. The van der Waals surface area contributed by atoms with E-state index in [-0.39, 0.29) is 6.04 Å². The molecule has 0 aliphatic heterocycles. The van der Waals surface area contributed by atoms with E-state index in [0.29, 0.717) is 0 Å². The standard InChI is InChI=1S/C14H16BrNO/c1-3-10-8-11(15)4-5-12(10)14-7-6-13(17-14)9(2)16/h4-9H,3,16H2,1-2H3. The second-order valence-electron chi connectivity index (χ2n) is 4.15. The smallest absolute Gasteiger partial charge is 0.134 e. The van der Waals surface area contributed by atoms with Gasteiger partial charge in [-0.15, -0.1) is 0 Å². The summed E-state index contributed by atoms with van der Waals surface area (Å²) in [6.07, 6.45) is 0.975. The van der Waals surface area contributed by atoms with Crippen LogP contribution in [0.2, 0.25) is 0 Å². The number of hydrogen-bond donors (Lipinski definition) is 1. The van der Waals surface area contributed by atoms with Crippen molar-refractivity contribution in [3.8, 4) is 11.3 Å². The lowest BCUT2D eigenvalue weighted by Crippen LogP contribution is -2.02. The zero-order valence-corrected chi connectivity index (χ0v) is 11.6. The van der Waals surface area contributed by atoms with Crippen LogP contribution in [0.5, 0.6) is 0 Å². The van der Waals surface area contributed by atoms with E-state index in [1.165, 1.54) is 5.56 Å². The Morgan fingerprint density at radius 3 is 2.65 bits per heavy atom. The number of rotatable bonds is 3. The Morgan fingerprint density at radius 2 is 2.06 bits per heavy atom. The summed E-state index contributed by atoms with van der Waals surface area (Å²) in [6, 6.07) is 10.1. The number of benzene rings is 1. The van der Waals surface area contributed by atoms with Gasteiger partial charge < -0.3 is 10.2 Å². The fourth-order valence-electron chi connectivity index (χ4n) is 1.84. The predicted octanol–water partition coefficient (Wildman–Crippen LogP) is 4.29. The van der Waals surface area contributed by atoms with Crippen LogP contribution < -0.4 is 5.73 Å². The molecule has 1 atom stereocenters. The van der Waals surface area contributed by atoms with Crippen LogP contribution in [0.4, 0.5) is 0 Å². The van der Waals surface area contributed by atoms with Gasteiger partial charge >= 0.3 is 0 Å². The highest BCUT2D eigenvalue weighted by atomic mass is 79.9. The summed E-state index contributed by atoms with van der Waals surface area (Å²) in [5.74, 6) is 1.71. The zero-order valence-electron chi connectivity index (χ0n) is 10.0. The van der Waals surface area contributed by atoms with Gasteiger partial charge in [0.1, 0.15) is 11.5 Å². The van der Waals surface area contributed by atoms with Crippen molar-refractivity contribution >= 4 is 15.9 Å². The Kier molecular flexibility index (Phi) is 3.69. The van der Waals surface area contributed by atoms with Crippen LogP contribution in [-0.4, -0.2) is 0 Å². The quantitative estimate of drug-likeness (QED) is 0.917. The zero-order chi connectivity index (χ0) is 12.4. The maximum atomic E-state index is 5.80. The molecule has 17 heavy (non-hydrogen) atoms. The molecule has 1 unspecified atom stereocenters. The van der Waals surface area contributed by atoms with Crippen molar-refractivity contribution in [1.29, 1.82) is 0 Å². The van der Waals surface area contributed by atoms with E-state index >= 15 is 0 Å². The van der Waals surface area contributed by atoms with Crippen LogP contribution in [-0.2, 0) is 6.42 Å². The highest BCUT2D eigenvalue weighted by Gasteiger charge is 2.10. The van der Waals surface area contributed by atoms with Crippen molar-refractivity contribution in [2.45, 2.75) is 26.3 Å². The third kappa shape index (κ3) is 2.61. The first-order chi connectivity index (χ1) is 8.11. The number of furan rings is 1. The van der Waals surface area contributed by atoms with Gasteiger partial charge in [0.05, 0.1) is 6.04 Å². The molecule has 0 aliphatic rings. The third-order valence-corrected chi connectivity index (χ3v) is 3.28. The summed E-state index contributed by atoms with van der Waals surface area (Å²) in [5, 5.41) is 0. The minimum atomic E-state index is -0.0655. The first-order valence-corrected chi connectivity index (χ1v) is 6.55. The largest absolute Gasteiger partial charge is 0.459 e. The highest BCUT2D eigenvalue weighted by Crippen LogP contribution is 2.29. The van der Waals surface area contributed by atoms with Gasteiger partial charge in [-0.05, 0) is 49.2 Å². The molecule has 1 aromatic carbocycles. The Labute approximate surface area is 110 Å². The summed E-state index contributed by atoms with van der Waals surface area (Å²) >= 11 is 3.49. The van der Waals surface area contributed by atoms with Gasteiger partial charge in [-0.1, -0.05) is 22.9 Å². The molecule has 3 heteroatoms. The second-order valence-corrected chi connectivity index (χ2v) is 5.06. The predicted molar refractivity (Wildman–Crippen MR) is 73.8 cm³/mol. The van der Waals surface area contributed by atoms with Gasteiger partial charge in [0.25, 0.3) is 0 Å². The van der Waals surface area contributed by atoms with Crippen molar-refractivity contribution in [2.24, 2.45) is 5.73 Å². The Morgan fingerprint density at radius 1 is 1.29 bits per heavy atom.